The zero-order valence-corrected chi connectivity index (χ0v) is 12.3. The number of phenols is 3. The predicted molar refractivity (Wildman–Crippen MR) is 82.5 cm³/mol. The van der Waals surface area contributed by atoms with Crippen molar-refractivity contribution in [1.29, 1.82) is 0 Å². The number of nitrogens with one attached hydrogen (secondary N) is 1. The molecule has 2 aromatic carbocycles. The molecule has 0 aliphatic rings. The minimum Gasteiger partial charge on any atom is -0.504 e. The summed E-state index contributed by atoms with van der Waals surface area (Å²) < 4.78 is 0. The summed E-state index contributed by atoms with van der Waals surface area (Å²) in [5.74, 6) is -0.558. The van der Waals surface area contributed by atoms with Gasteiger partial charge in [0.2, 0.25) is 5.75 Å². The van der Waals surface area contributed by atoms with Crippen LogP contribution in [0.3, 0.4) is 0 Å². The van der Waals surface area contributed by atoms with Crippen LogP contribution in [-0.4, -0.2) is 15.3 Å². The summed E-state index contributed by atoms with van der Waals surface area (Å²) in [6.45, 7) is 5.39. The van der Waals surface area contributed by atoms with E-state index in [1.807, 2.05) is 0 Å². The van der Waals surface area contributed by atoms with Gasteiger partial charge in [-0.2, -0.15) is 0 Å². The number of aromatic hydroxyl groups is 3. The molecule has 0 heterocycles. The van der Waals surface area contributed by atoms with Gasteiger partial charge in [-0.05, 0) is 23.1 Å². The molecule has 21 heavy (non-hydrogen) atoms. The lowest BCUT2D eigenvalue weighted by Gasteiger charge is -2.10. The molecular weight excluding hydrogens is 266 g/mol. The van der Waals surface area contributed by atoms with E-state index < -0.39 is 5.75 Å². The highest BCUT2D eigenvalue weighted by Gasteiger charge is 2.10. The van der Waals surface area contributed by atoms with Crippen molar-refractivity contribution >= 4 is 0 Å². The van der Waals surface area contributed by atoms with E-state index in [1.165, 1.54) is 11.6 Å². The first-order valence-electron chi connectivity index (χ1n) is 7.01. The molecule has 0 bridgehead atoms. The van der Waals surface area contributed by atoms with Crippen LogP contribution in [0.1, 0.15) is 36.5 Å². The van der Waals surface area contributed by atoms with Crippen molar-refractivity contribution < 1.29 is 15.3 Å². The third-order valence-corrected chi connectivity index (χ3v) is 3.50. The monoisotopic (exact) mass is 287 g/mol. The minimum atomic E-state index is -0.476. The maximum absolute atomic E-state index is 9.72. The molecule has 2 aromatic rings. The Morgan fingerprint density at radius 3 is 2.14 bits per heavy atom. The molecule has 0 amide bonds. The summed E-state index contributed by atoms with van der Waals surface area (Å²) in [6, 6.07) is 11.3. The number of benzene rings is 2. The van der Waals surface area contributed by atoms with Crippen LogP contribution in [0.25, 0.3) is 0 Å². The summed E-state index contributed by atoms with van der Waals surface area (Å²) >= 11 is 0. The van der Waals surface area contributed by atoms with Gasteiger partial charge in [-0.3, -0.25) is 0 Å². The van der Waals surface area contributed by atoms with Crippen LogP contribution >= 0.6 is 0 Å². The molecule has 0 atom stereocenters. The van der Waals surface area contributed by atoms with E-state index in [4.69, 9.17) is 0 Å². The number of hydrogen-bond acceptors (Lipinski definition) is 4. The Kier molecular flexibility index (Phi) is 4.70. The summed E-state index contributed by atoms with van der Waals surface area (Å²) in [5, 5.41) is 31.7. The van der Waals surface area contributed by atoms with E-state index in [1.54, 1.807) is 6.07 Å². The molecule has 2 rings (SSSR count). The van der Waals surface area contributed by atoms with E-state index >= 15 is 0 Å². The van der Waals surface area contributed by atoms with E-state index in [9.17, 15) is 15.3 Å². The lowest BCUT2D eigenvalue weighted by Crippen LogP contribution is -2.12. The average Bonchev–Trinajstić information content (AvgIpc) is 2.48. The first-order chi connectivity index (χ1) is 9.99. The normalized spacial score (nSPS) is 11.0. The van der Waals surface area contributed by atoms with Crippen LogP contribution in [0.2, 0.25) is 0 Å². The molecule has 4 heteroatoms. The molecule has 0 unspecified atom stereocenters. The Morgan fingerprint density at radius 1 is 0.857 bits per heavy atom. The third kappa shape index (κ3) is 3.67. The van der Waals surface area contributed by atoms with Crippen LogP contribution in [-0.2, 0) is 13.1 Å². The quantitative estimate of drug-likeness (QED) is 0.637. The number of phenolic OH excluding ortho intramolecular Hbond substituents is 3. The van der Waals surface area contributed by atoms with E-state index in [2.05, 4.69) is 43.4 Å². The second-order valence-electron chi connectivity index (χ2n) is 5.44. The number of rotatable bonds is 5. The molecule has 0 saturated heterocycles. The lowest BCUT2D eigenvalue weighted by molar-refractivity contribution is 0.364. The van der Waals surface area contributed by atoms with Crippen molar-refractivity contribution in [2.24, 2.45) is 0 Å². The van der Waals surface area contributed by atoms with Gasteiger partial charge in [-0.1, -0.05) is 44.2 Å². The first-order valence-corrected chi connectivity index (χ1v) is 7.01. The molecule has 0 aromatic heterocycles. The summed E-state index contributed by atoms with van der Waals surface area (Å²) in [5.41, 5.74) is 3.01. The van der Waals surface area contributed by atoms with E-state index in [-0.39, 0.29) is 11.5 Å². The van der Waals surface area contributed by atoms with E-state index in [0.29, 0.717) is 24.6 Å². The van der Waals surface area contributed by atoms with Gasteiger partial charge >= 0.3 is 0 Å². The first kappa shape index (κ1) is 15.2. The zero-order valence-electron chi connectivity index (χ0n) is 12.3. The maximum Gasteiger partial charge on any atom is 0.200 e. The Balaban J connectivity index is 1.94. The van der Waals surface area contributed by atoms with Gasteiger partial charge in [0.05, 0.1) is 0 Å². The molecule has 0 aliphatic heterocycles. The highest BCUT2D eigenvalue weighted by atomic mass is 16.3. The van der Waals surface area contributed by atoms with Crippen LogP contribution in [0.4, 0.5) is 0 Å². The standard InChI is InChI=1S/C17H21NO3/c1-11(2)13-5-3-12(4-6-13)9-18-10-14-7-8-15(19)17(21)16(14)20/h3-8,11,18-21H,9-10H2,1-2H3. The van der Waals surface area contributed by atoms with Gasteiger partial charge in [0.15, 0.2) is 11.5 Å². The highest BCUT2D eigenvalue weighted by molar-refractivity contribution is 5.53. The Hall–Kier alpha value is -2.20. The third-order valence-electron chi connectivity index (χ3n) is 3.50. The minimum absolute atomic E-state index is 0.280. The Morgan fingerprint density at radius 2 is 1.52 bits per heavy atom. The van der Waals surface area contributed by atoms with Crippen molar-refractivity contribution in [2.75, 3.05) is 0 Å². The summed E-state index contributed by atoms with van der Waals surface area (Å²) in [7, 11) is 0. The molecular formula is C17H21NO3. The van der Waals surface area contributed by atoms with Crippen LogP contribution < -0.4 is 5.32 Å². The molecule has 4 N–H and O–H groups in total. The molecule has 0 saturated carbocycles. The van der Waals surface area contributed by atoms with Crippen molar-refractivity contribution in [3.63, 3.8) is 0 Å². The molecule has 0 radical (unpaired) electrons. The number of hydrogen-bond donors (Lipinski definition) is 4. The van der Waals surface area contributed by atoms with Crippen LogP contribution in [0.5, 0.6) is 17.2 Å². The Labute approximate surface area is 124 Å². The highest BCUT2D eigenvalue weighted by Crippen LogP contribution is 2.36. The second-order valence-corrected chi connectivity index (χ2v) is 5.44. The maximum atomic E-state index is 9.72. The van der Waals surface area contributed by atoms with Gasteiger partial charge in [-0.25, -0.2) is 0 Å². The SMILES string of the molecule is CC(C)c1ccc(CNCc2ccc(O)c(O)c2O)cc1. The van der Waals surface area contributed by atoms with Crippen molar-refractivity contribution in [3.05, 3.63) is 53.1 Å². The molecule has 0 spiro atoms. The van der Waals surface area contributed by atoms with Crippen LogP contribution in [0, 0.1) is 0 Å². The smallest absolute Gasteiger partial charge is 0.200 e. The predicted octanol–water partition coefficient (Wildman–Crippen LogP) is 3.22. The fourth-order valence-corrected chi connectivity index (χ4v) is 2.12. The fourth-order valence-electron chi connectivity index (χ4n) is 2.12. The van der Waals surface area contributed by atoms with Crippen molar-refractivity contribution in [3.8, 4) is 17.2 Å². The van der Waals surface area contributed by atoms with E-state index in [0.717, 1.165) is 5.56 Å². The summed E-state index contributed by atoms with van der Waals surface area (Å²) in [4.78, 5) is 0. The van der Waals surface area contributed by atoms with Crippen molar-refractivity contribution in [2.45, 2.75) is 32.9 Å². The zero-order chi connectivity index (χ0) is 15.4. The molecule has 4 nitrogen and oxygen atoms in total. The second kappa shape index (κ2) is 6.50. The van der Waals surface area contributed by atoms with Gasteiger partial charge in [0.1, 0.15) is 0 Å². The Bertz CT molecular complexity index is 606. The topological polar surface area (TPSA) is 72.7 Å². The average molecular weight is 287 g/mol. The molecule has 112 valence electrons. The van der Waals surface area contributed by atoms with Crippen molar-refractivity contribution in [1.82, 2.24) is 5.32 Å². The van der Waals surface area contributed by atoms with Gasteiger partial charge in [0.25, 0.3) is 0 Å². The fraction of sp³-hybridized carbons (Fsp3) is 0.294. The van der Waals surface area contributed by atoms with Gasteiger partial charge in [0, 0.05) is 18.7 Å². The molecule has 0 aliphatic carbocycles. The summed E-state index contributed by atoms with van der Waals surface area (Å²) in [6.07, 6.45) is 0. The van der Waals surface area contributed by atoms with Gasteiger partial charge in [-0.15, -0.1) is 0 Å². The van der Waals surface area contributed by atoms with Crippen LogP contribution in [0.15, 0.2) is 36.4 Å². The van der Waals surface area contributed by atoms with Gasteiger partial charge < -0.3 is 20.6 Å². The lowest BCUT2D eigenvalue weighted by atomic mass is 10.0. The largest absolute Gasteiger partial charge is 0.504 e. The molecule has 0 fully saturated rings.